The first-order chi connectivity index (χ1) is 16.0. The monoisotopic (exact) mass is 454 g/mol. The predicted octanol–water partition coefficient (Wildman–Crippen LogP) is 5.82. The lowest BCUT2D eigenvalue weighted by molar-refractivity contribution is -0.132. The number of hydrogen-bond acceptors (Lipinski definition) is 4. The van der Waals surface area contributed by atoms with Crippen molar-refractivity contribution in [1.29, 1.82) is 0 Å². The zero-order valence-electron chi connectivity index (χ0n) is 17.7. The fourth-order valence-corrected chi connectivity index (χ4v) is 4.54. The Bertz CT molecular complexity index is 1450. The normalized spacial score (nSPS) is 17.6. The molecule has 6 heteroatoms. The maximum absolute atomic E-state index is 13.3. The Kier molecular flexibility index (Phi) is 5.19. The van der Waals surface area contributed by atoms with Gasteiger partial charge in [0, 0.05) is 28.7 Å². The van der Waals surface area contributed by atoms with Crippen molar-refractivity contribution >= 4 is 45.5 Å². The van der Waals surface area contributed by atoms with Gasteiger partial charge in [0.25, 0.3) is 11.7 Å². The largest absolute Gasteiger partial charge is 0.507 e. The van der Waals surface area contributed by atoms with Crippen LogP contribution in [-0.2, 0) is 9.59 Å². The SMILES string of the molecule is Cc1cc(Cl)ccc1N1C(=O)C(=O)/C(=C(\O)c2ccc3ccccc3c2)C1c1cccnc1. The van der Waals surface area contributed by atoms with Crippen LogP contribution >= 0.6 is 11.6 Å². The number of halogens is 1. The molecular weight excluding hydrogens is 436 g/mol. The third-order valence-corrected chi connectivity index (χ3v) is 6.12. The second kappa shape index (κ2) is 8.19. The second-order valence-electron chi connectivity index (χ2n) is 7.95. The zero-order valence-corrected chi connectivity index (χ0v) is 18.5. The van der Waals surface area contributed by atoms with Gasteiger partial charge in [0.1, 0.15) is 5.76 Å². The number of anilines is 1. The van der Waals surface area contributed by atoms with E-state index in [2.05, 4.69) is 4.98 Å². The van der Waals surface area contributed by atoms with E-state index >= 15 is 0 Å². The number of pyridine rings is 1. The van der Waals surface area contributed by atoms with E-state index in [1.165, 1.54) is 4.90 Å². The standard InChI is InChI=1S/C27H19ClN2O3/c1-16-13-21(28)10-11-22(16)30-24(20-7-4-12-29-15-20)23(26(32)27(30)33)25(31)19-9-8-17-5-2-3-6-18(17)14-19/h2-15,24,31H,1H3/b25-23-. The number of fused-ring (bicyclic) bond motifs is 1. The minimum atomic E-state index is -0.829. The molecule has 0 saturated carbocycles. The lowest BCUT2D eigenvalue weighted by Gasteiger charge is -2.26. The molecule has 4 aromatic rings. The molecule has 3 aromatic carbocycles. The van der Waals surface area contributed by atoms with Crippen LogP contribution in [-0.4, -0.2) is 21.8 Å². The van der Waals surface area contributed by atoms with Gasteiger partial charge in [0.15, 0.2) is 0 Å². The highest BCUT2D eigenvalue weighted by Gasteiger charge is 2.47. The van der Waals surface area contributed by atoms with E-state index in [0.717, 1.165) is 16.3 Å². The molecule has 1 N–H and O–H groups in total. The maximum atomic E-state index is 13.3. The van der Waals surface area contributed by atoms with E-state index in [1.54, 1.807) is 48.8 Å². The predicted molar refractivity (Wildman–Crippen MR) is 129 cm³/mol. The van der Waals surface area contributed by atoms with Gasteiger partial charge in [-0.1, -0.05) is 54.1 Å². The van der Waals surface area contributed by atoms with Crippen molar-refractivity contribution in [3.8, 4) is 0 Å². The molecule has 1 saturated heterocycles. The summed E-state index contributed by atoms with van der Waals surface area (Å²) in [6, 6.07) is 21.0. The molecule has 0 radical (unpaired) electrons. The number of Topliss-reactive ketones (excluding diaryl/α,β-unsaturated/α-hetero) is 1. The molecule has 162 valence electrons. The number of aliphatic hydroxyl groups excluding tert-OH is 1. The molecule has 1 atom stereocenters. The van der Waals surface area contributed by atoms with Crippen LogP contribution in [0.1, 0.15) is 22.7 Å². The summed E-state index contributed by atoms with van der Waals surface area (Å²) in [6.45, 7) is 1.82. The molecule has 1 aliphatic heterocycles. The molecule has 0 aliphatic carbocycles. The second-order valence-corrected chi connectivity index (χ2v) is 8.38. The Morgan fingerprint density at radius 2 is 1.76 bits per heavy atom. The van der Waals surface area contributed by atoms with Crippen molar-refractivity contribution in [3.05, 3.63) is 112 Å². The fourth-order valence-electron chi connectivity index (χ4n) is 4.32. The van der Waals surface area contributed by atoms with Gasteiger partial charge in [0.2, 0.25) is 0 Å². The summed E-state index contributed by atoms with van der Waals surface area (Å²) in [5.41, 5.74) is 2.40. The van der Waals surface area contributed by atoms with Crippen molar-refractivity contribution in [2.24, 2.45) is 0 Å². The molecule has 1 aromatic heterocycles. The zero-order chi connectivity index (χ0) is 23.1. The number of aliphatic hydroxyl groups is 1. The first-order valence-corrected chi connectivity index (χ1v) is 10.8. The summed E-state index contributed by atoms with van der Waals surface area (Å²) in [5.74, 6) is -1.68. The minimum Gasteiger partial charge on any atom is -0.507 e. The summed E-state index contributed by atoms with van der Waals surface area (Å²) in [4.78, 5) is 32.1. The summed E-state index contributed by atoms with van der Waals surface area (Å²) >= 11 is 6.12. The van der Waals surface area contributed by atoms with Crippen LogP contribution in [0.5, 0.6) is 0 Å². The summed E-state index contributed by atoms with van der Waals surface area (Å²) in [7, 11) is 0. The molecule has 1 fully saturated rings. The highest BCUT2D eigenvalue weighted by molar-refractivity contribution is 6.51. The molecular formula is C27H19ClN2O3. The number of carbonyl (C=O) groups excluding carboxylic acids is 2. The van der Waals surface area contributed by atoms with Gasteiger partial charge in [-0.15, -0.1) is 0 Å². The van der Waals surface area contributed by atoms with E-state index in [0.29, 0.717) is 21.8 Å². The molecule has 5 nitrogen and oxygen atoms in total. The number of carbonyl (C=O) groups is 2. The van der Waals surface area contributed by atoms with Crippen molar-refractivity contribution < 1.29 is 14.7 Å². The van der Waals surface area contributed by atoms with E-state index in [1.807, 2.05) is 43.3 Å². The van der Waals surface area contributed by atoms with Gasteiger partial charge >= 0.3 is 0 Å². The number of aryl methyl sites for hydroxylation is 1. The minimum absolute atomic E-state index is 0.0256. The van der Waals surface area contributed by atoms with Crippen LogP contribution in [0.25, 0.3) is 16.5 Å². The highest BCUT2D eigenvalue weighted by Crippen LogP contribution is 2.43. The van der Waals surface area contributed by atoms with Gasteiger partial charge in [-0.2, -0.15) is 0 Å². The lowest BCUT2D eigenvalue weighted by Crippen LogP contribution is -2.30. The average molecular weight is 455 g/mol. The third kappa shape index (κ3) is 3.56. The third-order valence-electron chi connectivity index (χ3n) is 5.89. The van der Waals surface area contributed by atoms with Crippen LogP contribution in [0.3, 0.4) is 0 Å². The van der Waals surface area contributed by atoms with Crippen molar-refractivity contribution in [2.45, 2.75) is 13.0 Å². The lowest BCUT2D eigenvalue weighted by atomic mass is 9.95. The van der Waals surface area contributed by atoms with Gasteiger partial charge in [-0.25, -0.2) is 0 Å². The number of ketones is 1. The number of amides is 1. The van der Waals surface area contributed by atoms with Gasteiger partial charge in [-0.3, -0.25) is 19.5 Å². The highest BCUT2D eigenvalue weighted by atomic mass is 35.5. The van der Waals surface area contributed by atoms with Gasteiger partial charge in [0.05, 0.1) is 11.6 Å². The number of aromatic nitrogens is 1. The number of benzene rings is 3. The molecule has 1 unspecified atom stereocenters. The number of hydrogen-bond donors (Lipinski definition) is 1. The molecule has 5 rings (SSSR count). The molecule has 0 bridgehead atoms. The fraction of sp³-hybridized carbons (Fsp3) is 0.0741. The van der Waals surface area contributed by atoms with Crippen LogP contribution < -0.4 is 4.90 Å². The molecule has 1 amide bonds. The van der Waals surface area contributed by atoms with Gasteiger partial charge in [-0.05, 0) is 59.2 Å². The number of rotatable bonds is 3. The first kappa shape index (κ1) is 20.9. The van der Waals surface area contributed by atoms with Gasteiger partial charge < -0.3 is 5.11 Å². The Morgan fingerprint density at radius 1 is 0.970 bits per heavy atom. The molecule has 0 spiro atoms. The van der Waals surface area contributed by atoms with E-state index in [9.17, 15) is 14.7 Å². The summed E-state index contributed by atoms with van der Waals surface area (Å²) in [6.07, 6.45) is 3.22. The molecule has 33 heavy (non-hydrogen) atoms. The van der Waals surface area contributed by atoms with Crippen molar-refractivity contribution in [1.82, 2.24) is 4.98 Å². The van der Waals surface area contributed by atoms with E-state index in [4.69, 9.17) is 11.6 Å². The first-order valence-electron chi connectivity index (χ1n) is 10.4. The Balaban J connectivity index is 1.74. The molecule has 2 heterocycles. The quantitative estimate of drug-likeness (QED) is 0.240. The van der Waals surface area contributed by atoms with Crippen molar-refractivity contribution in [2.75, 3.05) is 4.90 Å². The van der Waals surface area contributed by atoms with Crippen LogP contribution in [0.15, 0.2) is 90.8 Å². The Labute approximate surface area is 195 Å². The van der Waals surface area contributed by atoms with E-state index in [-0.39, 0.29) is 11.3 Å². The maximum Gasteiger partial charge on any atom is 0.300 e. The van der Waals surface area contributed by atoms with Crippen LogP contribution in [0, 0.1) is 6.92 Å². The topological polar surface area (TPSA) is 70.5 Å². The Morgan fingerprint density at radius 3 is 2.48 bits per heavy atom. The summed E-state index contributed by atoms with van der Waals surface area (Å²) in [5, 5.41) is 13.8. The van der Waals surface area contributed by atoms with Crippen molar-refractivity contribution in [3.63, 3.8) is 0 Å². The number of nitrogens with zero attached hydrogens (tertiary/aromatic N) is 2. The summed E-state index contributed by atoms with van der Waals surface area (Å²) < 4.78 is 0. The molecule has 1 aliphatic rings. The smallest absolute Gasteiger partial charge is 0.300 e. The van der Waals surface area contributed by atoms with Crippen LogP contribution in [0.2, 0.25) is 5.02 Å². The van der Waals surface area contributed by atoms with E-state index < -0.39 is 17.7 Å². The average Bonchev–Trinajstić information content (AvgIpc) is 3.09. The Hall–Kier alpha value is -3.96. The van der Waals surface area contributed by atoms with Crippen LogP contribution in [0.4, 0.5) is 5.69 Å².